The van der Waals surface area contributed by atoms with Crippen molar-refractivity contribution in [3.05, 3.63) is 21.9 Å². The number of sulfonamides is 1. The highest BCUT2D eigenvalue weighted by atomic mass is 79.9. The number of halogens is 2. The Hall–Kier alpha value is -0.700. The van der Waals surface area contributed by atoms with Gasteiger partial charge in [0.15, 0.2) is 0 Å². The molecule has 1 N–H and O–H groups in total. The average molecular weight is 383 g/mol. The highest BCUT2D eigenvalue weighted by Crippen LogP contribution is 2.28. The Morgan fingerprint density at radius 1 is 1.60 bits per heavy atom. The Balaban J connectivity index is 2.48. The molecule has 1 unspecified atom stereocenters. The number of hydrogen-bond donors (Lipinski definition) is 1. The van der Waals surface area contributed by atoms with E-state index >= 15 is 0 Å². The SMILES string of the molecule is CCC1C(=O)NCCN1S(=O)(=O)c1cc(Br)cnc1Cl. The molecule has 1 aliphatic rings. The fourth-order valence-electron chi connectivity index (χ4n) is 2.08. The van der Waals surface area contributed by atoms with Gasteiger partial charge in [-0.05, 0) is 28.4 Å². The first-order valence-corrected chi connectivity index (χ1v) is 8.59. The number of nitrogens with one attached hydrogen (secondary N) is 1. The van der Waals surface area contributed by atoms with Crippen LogP contribution in [0.2, 0.25) is 5.15 Å². The zero-order chi connectivity index (χ0) is 14.9. The van der Waals surface area contributed by atoms with Gasteiger partial charge in [-0.15, -0.1) is 0 Å². The number of nitrogens with zero attached hydrogens (tertiary/aromatic N) is 2. The predicted octanol–water partition coefficient (Wildman–Crippen LogP) is 1.40. The third kappa shape index (κ3) is 2.83. The highest BCUT2D eigenvalue weighted by molar-refractivity contribution is 9.10. The van der Waals surface area contributed by atoms with E-state index in [0.29, 0.717) is 10.9 Å². The standard InChI is InChI=1S/C11H13BrClN3O3S/c1-2-8-11(17)14-3-4-16(8)20(18,19)9-5-7(12)6-15-10(9)13/h5-6,8H,2-4H2,1H3,(H,14,17). The van der Waals surface area contributed by atoms with E-state index in [-0.39, 0.29) is 29.0 Å². The van der Waals surface area contributed by atoms with Crippen molar-refractivity contribution in [2.75, 3.05) is 13.1 Å². The Bertz CT molecular complexity index is 638. The van der Waals surface area contributed by atoms with E-state index in [9.17, 15) is 13.2 Å². The van der Waals surface area contributed by atoms with E-state index in [4.69, 9.17) is 11.6 Å². The van der Waals surface area contributed by atoms with Crippen LogP contribution in [0.4, 0.5) is 0 Å². The van der Waals surface area contributed by atoms with Crippen molar-refractivity contribution in [1.82, 2.24) is 14.6 Å². The van der Waals surface area contributed by atoms with Gasteiger partial charge in [-0.3, -0.25) is 4.79 Å². The lowest BCUT2D eigenvalue weighted by Gasteiger charge is -2.33. The molecule has 1 aromatic rings. The van der Waals surface area contributed by atoms with E-state index in [2.05, 4.69) is 26.2 Å². The molecule has 0 radical (unpaired) electrons. The summed E-state index contributed by atoms with van der Waals surface area (Å²) in [6, 6.07) is 0.674. The first kappa shape index (κ1) is 15.7. The van der Waals surface area contributed by atoms with Crippen LogP contribution in [0.15, 0.2) is 21.6 Å². The van der Waals surface area contributed by atoms with Gasteiger partial charge in [-0.25, -0.2) is 13.4 Å². The van der Waals surface area contributed by atoms with Gasteiger partial charge in [0.25, 0.3) is 0 Å². The summed E-state index contributed by atoms with van der Waals surface area (Å²) in [5.74, 6) is -0.290. The summed E-state index contributed by atoms with van der Waals surface area (Å²) >= 11 is 9.06. The Morgan fingerprint density at radius 2 is 2.30 bits per heavy atom. The molecule has 0 saturated carbocycles. The lowest BCUT2D eigenvalue weighted by molar-refractivity contribution is -0.126. The fourth-order valence-corrected chi connectivity index (χ4v) is 4.67. The number of piperazine rings is 1. The highest BCUT2D eigenvalue weighted by Gasteiger charge is 2.38. The first-order valence-electron chi connectivity index (χ1n) is 5.98. The van der Waals surface area contributed by atoms with Crippen LogP contribution in [0.3, 0.4) is 0 Å². The Labute approximate surface area is 130 Å². The zero-order valence-electron chi connectivity index (χ0n) is 10.6. The van der Waals surface area contributed by atoms with Gasteiger partial charge in [0, 0.05) is 23.8 Å². The second kappa shape index (κ2) is 5.97. The van der Waals surface area contributed by atoms with E-state index in [0.717, 1.165) is 0 Å². The molecule has 2 rings (SSSR count). The largest absolute Gasteiger partial charge is 0.353 e. The maximum Gasteiger partial charge on any atom is 0.246 e. The third-order valence-corrected chi connectivity index (χ3v) is 5.80. The van der Waals surface area contributed by atoms with Gasteiger partial charge < -0.3 is 5.32 Å². The van der Waals surface area contributed by atoms with Gasteiger partial charge in [0.1, 0.15) is 16.1 Å². The molecule has 1 aromatic heterocycles. The topological polar surface area (TPSA) is 79.4 Å². The van der Waals surface area contributed by atoms with E-state index in [1.807, 2.05) is 0 Å². The number of rotatable bonds is 3. The van der Waals surface area contributed by atoms with Crippen LogP contribution >= 0.6 is 27.5 Å². The van der Waals surface area contributed by atoms with Crippen molar-refractivity contribution in [3.8, 4) is 0 Å². The van der Waals surface area contributed by atoms with E-state index in [1.165, 1.54) is 16.6 Å². The molecule has 20 heavy (non-hydrogen) atoms. The number of hydrogen-bond acceptors (Lipinski definition) is 4. The van der Waals surface area contributed by atoms with Crippen LogP contribution < -0.4 is 5.32 Å². The van der Waals surface area contributed by atoms with Crippen molar-refractivity contribution >= 4 is 43.5 Å². The minimum Gasteiger partial charge on any atom is -0.353 e. The summed E-state index contributed by atoms with van der Waals surface area (Å²) in [5, 5.41) is 2.56. The molecule has 0 aliphatic carbocycles. The molecule has 6 nitrogen and oxygen atoms in total. The van der Waals surface area contributed by atoms with Gasteiger partial charge in [-0.1, -0.05) is 18.5 Å². The van der Waals surface area contributed by atoms with E-state index in [1.54, 1.807) is 6.92 Å². The molecule has 1 amide bonds. The minimum atomic E-state index is -3.86. The molecule has 0 aromatic carbocycles. The van der Waals surface area contributed by atoms with Crippen LogP contribution in [0, 0.1) is 0 Å². The summed E-state index contributed by atoms with van der Waals surface area (Å²) in [5.41, 5.74) is 0. The normalized spacial score (nSPS) is 20.8. The number of carbonyl (C=O) groups is 1. The van der Waals surface area contributed by atoms with Crippen molar-refractivity contribution in [2.45, 2.75) is 24.3 Å². The summed E-state index contributed by atoms with van der Waals surface area (Å²) in [6.07, 6.45) is 1.81. The summed E-state index contributed by atoms with van der Waals surface area (Å²) in [6.45, 7) is 2.27. The van der Waals surface area contributed by atoms with Gasteiger partial charge in [0.2, 0.25) is 15.9 Å². The molecule has 110 valence electrons. The minimum absolute atomic E-state index is 0.0957. The zero-order valence-corrected chi connectivity index (χ0v) is 13.8. The van der Waals surface area contributed by atoms with Crippen molar-refractivity contribution in [1.29, 1.82) is 0 Å². The van der Waals surface area contributed by atoms with Crippen molar-refractivity contribution in [2.24, 2.45) is 0 Å². The van der Waals surface area contributed by atoms with Crippen LogP contribution in [-0.2, 0) is 14.8 Å². The molecule has 1 aliphatic heterocycles. The molecule has 1 fully saturated rings. The third-order valence-electron chi connectivity index (χ3n) is 3.03. The molecule has 2 heterocycles. The summed E-state index contributed by atoms with van der Waals surface area (Å²) < 4.78 is 27.0. The van der Waals surface area contributed by atoms with Crippen LogP contribution in [-0.4, -0.2) is 42.7 Å². The monoisotopic (exact) mass is 381 g/mol. The number of pyridine rings is 1. The van der Waals surface area contributed by atoms with Crippen molar-refractivity contribution < 1.29 is 13.2 Å². The fraction of sp³-hybridized carbons (Fsp3) is 0.455. The Morgan fingerprint density at radius 3 is 2.95 bits per heavy atom. The lowest BCUT2D eigenvalue weighted by atomic mass is 10.2. The quantitative estimate of drug-likeness (QED) is 0.801. The molecule has 1 atom stereocenters. The second-order valence-corrected chi connectivity index (χ2v) is 7.41. The van der Waals surface area contributed by atoms with Gasteiger partial charge in [0.05, 0.1) is 0 Å². The molecule has 0 bridgehead atoms. The number of aromatic nitrogens is 1. The lowest BCUT2D eigenvalue weighted by Crippen LogP contribution is -2.56. The first-order chi connectivity index (χ1) is 9.37. The van der Waals surface area contributed by atoms with Crippen molar-refractivity contribution in [3.63, 3.8) is 0 Å². The molecule has 0 spiro atoms. The molecule has 9 heteroatoms. The number of amides is 1. The summed E-state index contributed by atoms with van der Waals surface area (Å²) in [7, 11) is -3.86. The molecular formula is C11H13BrClN3O3S. The maximum absolute atomic E-state index is 12.7. The maximum atomic E-state index is 12.7. The predicted molar refractivity (Wildman–Crippen MR) is 77.9 cm³/mol. The second-order valence-electron chi connectivity index (χ2n) is 4.27. The van der Waals surface area contributed by atoms with Gasteiger partial charge in [-0.2, -0.15) is 4.31 Å². The van der Waals surface area contributed by atoms with Crippen LogP contribution in [0.5, 0.6) is 0 Å². The van der Waals surface area contributed by atoms with Crippen LogP contribution in [0.25, 0.3) is 0 Å². The molecular weight excluding hydrogens is 370 g/mol. The summed E-state index contributed by atoms with van der Waals surface area (Å²) in [4.78, 5) is 15.5. The number of carbonyl (C=O) groups excluding carboxylic acids is 1. The van der Waals surface area contributed by atoms with Gasteiger partial charge >= 0.3 is 0 Å². The van der Waals surface area contributed by atoms with E-state index < -0.39 is 16.1 Å². The Kier molecular flexibility index (Phi) is 4.68. The average Bonchev–Trinajstić information content (AvgIpc) is 2.41. The molecule has 1 saturated heterocycles. The smallest absolute Gasteiger partial charge is 0.246 e. The van der Waals surface area contributed by atoms with Crippen LogP contribution in [0.1, 0.15) is 13.3 Å².